The van der Waals surface area contributed by atoms with E-state index in [1.54, 1.807) is 6.08 Å². The quantitative estimate of drug-likeness (QED) is 0.471. The Morgan fingerprint density at radius 2 is 2.00 bits per heavy atom. The SMILES string of the molecule is Cc1ccc(C(=O)/C=C(\CCCO)NCCN2CCNCC2)cc1. The summed E-state index contributed by atoms with van der Waals surface area (Å²) in [6.45, 7) is 8.15. The molecular formula is C19H29N3O2. The van der Waals surface area contributed by atoms with Crippen LogP contribution < -0.4 is 10.6 Å². The molecule has 5 heteroatoms. The molecule has 1 aliphatic rings. The third-order valence-corrected chi connectivity index (χ3v) is 4.24. The molecule has 3 N–H and O–H groups in total. The van der Waals surface area contributed by atoms with E-state index in [1.807, 2.05) is 31.2 Å². The van der Waals surface area contributed by atoms with E-state index in [1.165, 1.54) is 0 Å². The van der Waals surface area contributed by atoms with Gasteiger partial charge in [-0.3, -0.25) is 9.69 Å². The van der Waals surface area contributed by atoms with Gasteiger partial charge in [0.2, 0.25) is 0 Å². The molecule has 0 amide bonds. The first-order valence-electron chi connectivity index (χ1n) is 8.78. The maximum atomic E-state index is 12.4. The van der Waals surface area contributed by atoms with E-state index in [0.717, 1.165) is 50.5 Å². The summed E-state index contributed by atoms with van der Waals surface area (Å²) in [5, 5.41) is 15.8. The molecule has 0 saturated carbocycles. The molecule has 1 heterocycles. The maximum Gasteiger partial charge on any atom is 0.187 e. The Balaban J connectivity index is 1.90. The molecule has 24 heavy (non-hydrogen) atoms. The van der Waals surface area contributed by atoms with Crippen molar-refractivity contribution in [2.45, 2.75) is 19.8 Å². The summed E-state index contributed by atoms with van der Waals surface area (Å²) in [6.07, 6.45) is 3.03. The van der Waals surface area contributed by atoms with Gasteiger partial charge in [-0.1, -0.05) is 29.8 Å². The number of hydrogen-bond acceptors (Lipinski definition) is 5. The van der Waals surface area contributed by atoms with Crippen LogP contribution in [0.4, 0.5) is 0 Å². The van der Waals surface area contributed by atoms with Gasteiger partial charge in [0.1, 0.15) is 0 Å². The van der Waals surface area contributed by atoms with Crippen LogP contribution in [0.15, 0.2) is 36.0 Å². The number of rotatable bonds is 9. The molecule has 2 rings (SSSR count). The molecule has 1 aliphatic heterocycles. The Morgan fingerprint density at radius 3 is 2.67 bits per heavy atom. The summed E-state index contributed by atoms with van der Waals surface area (Å²) in [5.41, 5.74) is 2.75. The fraction of sp³-hybridized carbons (Fsp3) is 0.526. The van der Waals surface area contributed by atoms with Gasteiger partial charge in [0.15, 0.2) is 5.78 Å². The number of ketones is 1. The summed E-state index contributed by atoms with van der Waals surface area (Å²) in [5.74, 6) is 0.0117. The first-order valence-corrected chi connectivity index (χ1v) is 8.78. The highest BCUT2D eigenvalue weighted by Gasteiger charge is 2.09. The van der Waals surface area contributed by atoms with Gasteiger partial charge in [0.25, 0.3) is 0 Å². The van der Waals surface area contributed by atoms with Crippen molar-refractivity contribution in [2.24, 2.45) is 0 Å². The number of aryl methyl sites for hydroxylation is 1. The van der Waals surface area contributed by atoms with Crippen molar-refractivity contribution in [3.05, 3.63) is 47.2 Å². The van der Waals surface area contributed by atoms with Crippen molar-refractivity contribution in [1.82, 2.24) is 15.5 Å². The van der Waals surface area contributed by atoms with E-state index in [-0.39, 0.29) is 12.4 Å². The highest BCUT2D eigenvalue weighted by atomic mass is 16.2. The standard InChI is InChI=1S/C19H29N3O2/c1-16-4-6-17(7-5-16)19(24)15-18(3-2-14-23)21-10-13-22-11-8-20-9-12-22/h4-7,15,20-21,23H,2-3,8-14H2,1H3/b18-15+. The van der Waals surface area contributed by atoms with Crippen LogP contribution in [0.2, 0.25) is 0 Å². The van der Waals surface area contributed by atoms with Crippen molar-refractivity contribution >= 4 is 5.78 Å². The molecule has 0 aromatic heterocycles. The lowest BCUT2D eigenvalue weighted by Gasteiger charge is -2.27. The van der Waals surface area contributed by atoms with Gasteiger partial charge >= 0.3 is 0 Å². The largest absolute Gasteiger partial charge is 0.396 e. The zero-order valence-corrected chi connectivity index (χ0v) is 14.6. The number of nitrogens with zero attached hydrogens (tertiary/aromatic N) is 1. The lowest BCUT2D eigenvalue weighted by atomic mass is 10.1. The van der Waals surface area contributed by atoms with E-state index in [9.17, 15) is 4.79 Å². The molecule has 132 valence electrons. The van der Waals surface area contributed by atoms with Crippen LogP contribution >= 0.6 is 0 Å². The van der Waals surface area contributed by atoms with Gasteiger partial charge in [-0.25, -0.2) is 0 Å². The Morgan fingerprint density at radius 1 is 1.29 bits per heavy atom. The minimum Gasteiger partial charge on any atom is -0.396 e. The van der Waals surface area contributed by atoms with Gasteiger partial charge in [0, 0.05) is 63.2 Å². The number of carbonyl (C=O) groups is 1. The Kier molecular flexibility index (Phi) is 7.95. The number of aliphatic hydroxyl groups excluding tert-OH is 1. The van der Waals surface area contributed by atoms with Crippen LogP contribution in [0.25, 0.3) is 0 Å². The van der Waals surface area contributed by atoms with Crippen molar-refractivity contribution in [1.29, 1.82) is 0 Å². The maximum absolute atomic E-state index is 12.4. The molecule has 1 saturated heterocycles. The third kappa shape index (κ3) is 6.43. The lowest BCUT2D eigenvalue weighted by molar-refractivity contribution is 0.104. The second-order valence-electron chi connectivity index (χ2n) is 6.25. The number of nitrogens with one attached hydrogen (secondary N) is 2. The number of allylic oxidation sites excluding steroid dienone is 2. The zero-order chi connectivity index (χ0) is 17.2. The number of piperazine rings is 1. The zero-order valence-electron chi connectivity index (χ0n) is 14.6. The molecule has 1 fully saturated rings. The van der Waals surface area contributed by atoms with Crippen LogP contribution in [0.5, 0.6) is 0 Å². The molecule has 0 unspecified atom stereocenters. The summed E-state index contributed by atoms with van der Waals surface area (Å²) in [4.78, 5) is 14.8. The van der Waals surface area contributed by atoms with E-state index in [0.29, 0.717) is 18.4 Å². The molecule has 0 atom stereocenters. The first-order chi connectivity index (χ1) is 11.7. The second kappa shape index (κ2) is 10.2. The lowest BCUT2D eigenvalue weighted by Crippen LogP contribution is -2.45. The molecular weight excluding hydrogens is 302 g/mol. The van der Waals surface area contributed by atoms with Crippen molar-refractivity contribution in [3.63, 3.8) is 0 Å². The van der Waals surface area contributed by atoms with Crippen LogP contribution in [0.3, 0.4) is 0 Å². The van der Waals surface area contributed by atoms with Crippen LogP contribution in [-0.2, 0) is 0 Å². The number of aliphatic hydroxyl groups is 1. The van der Waals surface area contributed by atoms with E-state index >= 15 is 0 Å². The van der Waals surface area contributed by atoms with Gasteiger partial charge in [-0.2, -0.15) is 0 Å². The van der Waals surface area contributed by atoms with Gasteiger partial charge in [0.05, 0.1) is 0 Å². The minimum atomic E-state index is 0.0117. The summed E-state index contributed by atoms with van der Waals surface area (Å²) in [6, 6.07) is 7.62. The van der Waals surface area contributed by atoms with Crippen LogP contribution in [-0.4, -0.2) is 61.7 Å². The van der Waals surface area contributed by atoms with Crippen LogP contribution in [0.1, 0.15) is 28.8 Å². The molecule has 0 aliphatic carbocycles. The average Bonchev–Trinajstić information content (AvgIpc) is 2.61. The highest BCUT2D eigenvalue weighted by molar-refractivity contribution is 6.04. The first kappa shape index (κ1) is 18.6. The predicted molar refractivity (Wildman–Crippen MR) is 97.2 cm³/mol. The Labute approximate surface area is 144 Å². The van der Waals surface area contributed by atoms with Crippen LogP contribution in [0, 0.1) is 6.92 Å². The fourth-order valence-corrected chi connectivity index (χ4v) is 2.75. The van der Waals surface area contributed by atoms with E-state index < -0.39 is 0 Å². The Bertz CT molecular complexity index is 534. The van der Waals surface area contributed by atoms with Gasteiger partial charge in [-0.05, 0) is 19.8 Å². The average molecular weight is 331 g/mol. The molecule has 0 spiro atoms. The fourth-order valence-electron chi connectivity index (χ4n) is 2.75. The van der Waals surface area contributed by atoms with Crippen molar-refractivity contribution in [2.75, 3.05) is 45.9 Å². The second-order valence-corrected chi connectivity index (χ2v) is 6.25. The molecule has 0 bridgehead atoms. The summed E-state index contributed by atoms with van der Waals surface area (Å²) < 4.78 is 0. The van der Waals surface area contributed by atoms with Crippen molar-refractivity contribution < 1.29 is 9.90 Å². The molecule has 1 aromatic rings. The Hall–Kier alpha value is -1.69. The van der Waals surface area contributed by atoms with Crippen molar-refractivity contribution in [3.8, 4) is 0 Å². The minimum absolute atomic E-state index is 0.0117. The smallest absolute Gasteiger partial charge is 0.187 e. The molecule has 5 nitrogen and oxygen atoms in total. The molecule has 1 aromatic carbocycles. The highest BCUT2D eigenvalue weighted by Crippen LogP contribution is 2.08. The normalized spacial score (nSPS) is 16.2. The van der Waals surface area contributed by atoms with E-state index in [4.69, 9.17) is 5.11 Å². The molecule has 0 radical (unpaired) electrons. The summed E-state index contributed by atoms with van der Waals surface area (Å²) in [7, 11) is 0. The predicted octanol–water partition coefficient (Wildman–Crippen LogP) is 1.33. The number of benzene rings is 1. The topological polar surface area (TPSA) is 64.6 Å². The van der Waals surface area contributed by atoms with Gasteiger partial charge in [-0.15, -0.1) is 0 Å². The number of hydrogen-bond donors (Lipinski definition) is 3. The summed E-state index contributed by atoms with van der Waals surface area (Å²) >= 11 is 0. The monoisotopic (exact) mass is 331 g/mol. The van der Waals surface area contributed by atoms with E-state index in [2.05, 4.69) is 15.5 Å². The van der Waals surface area contributed by atoms with Gasteiger partial charge < -0.3 is 15.7 Å². The third-order valence-electron chi connectivity index (χ3n) is 4.24. The number of carbonyl (C=O) groups excluding carboxylic acids is 1.